The Morgan fingerprint density at radius 3 is 2.47 bits per heavy atom. The molecule has 19 heavy (non-hydrogen) atoms. The highest BCUT2D eigenvalue weighted by molar-refractivity contribution is 5.74. The maximum Gasteiger partial charge on any atom is 0.310 e. The van der Waals surface area contributed by atoms with E-state index in [4.69, 9.17) is 4.74 Å². The smallest absolute Gasteiger partial charge is 0.310 e. The van der Waals surface area contributed by atoms with Crippen LogP contribution in [0.2, 0.25) is 0 Å². The van der Waals surface area contributed by atoms with E-state index in [2.05, 4.69) is 26.1 Å². The molecule has 0 bridgehead atoms. The first-order chi connectivity index (χ1) is 8.89. The summed E-state index contributed by atoms with van der Waals surface area (Å²) in [7, 11) is 0. The van der Waals surface area contributed by atoms with Gasteiger partial charge in [0.15, 0.2) is 0 Å². The van der Waals surface area contributed by atoms with Gasteiger partial charge in [-0.15, -0.1) is 0 Å². The number of nitrogens with one attached hydrogen (secondary N) is 1. The molecule has 3 heteroatoms. The summed E-state index contributed by atoms with van der Waals surface area (Å²) in [6.45, 7) is 11.2. The quantitative estimate of drug-likeness (QED) is 0.782. The average Bonchev–Trinajstić information content (AvgIpc) is 2.72. The fourth-order valence-corrected chi connectivity index (χ4v) is 3.97. The van der Waals surface area contributed by atoms with E-state index >= 15 is 0 Å². The Labute approximate surface area is 117 Å². The minimum absolute atomic E-state index is 0.0155. The largest absolute Gasteiger partial charge is 0.466 e. The van der Waals surface area contributed by atoms with E-state index in [1.54, 1.807) is 0 Å². The molecule has 2 aliphatic rings. The van der Waals surface area contributed by atoms with E-state index in [-0.39, 0.29) is 17.3 Å². The summed E-state index contributed by atoms with van der Waals surface area (Å²) < 4.78 is 5.27. The van der Waals surface area contributed by atoms with Gasteiger partial charge in [0.05, 0.1) is 12.5 Å². The minimum Gasteiger partial charge on any atom is -0.466 e. The minimum atomic E-state index is 0.0155. The molecule has 1 heterocycles. The van der Waals surface area contributed by atoms with Gasteiger partial charge >= 0.3 is 5.97 Å². The van der Waals surface area contributed by atoms with Crippen molar-refractivity contribution in [2.45, 2.75) is 53.4 Å². The molecule has 0 aromatic carbocycles. The molecule has 110 valence electrons. The fraction of sp³-hybridized carbons (Fsp3) is 0.938. The summed E-state index contributed by atoms with van der Waals surface area (Å²) in [5, 5.41) is 3.42. The third kappa shape index (κ3) is 2.96. The topological polar surface area (TPSA) is 38.3 Å². The molecule has 0 aromatic rings. The molecule has 0 aromatic heterocycles. The van der Waals surface area contributed by atoms with Crippen LogP contribution < -0.4 is 5.32 Å². The summed E-state index contributed by atoms with van der Waals surface area (Å²) >= 11 is 0. The number of carbonyl (C=O) groups is 1. The van der Waals surface area contributed by atoms with Crippen molar-refractivity contribution in [2.24, 2.45) is 22.7 Å². The van der Waals surface area contributed by atoms with Crippen LogP contribution in [-0.4, -0.2) is 25.7 Å². The molecule has 1 saturated heterocycles. The second kappa shape index (κ2) is 5.43. The maximum absolute atomic E-state index is 12.1. The van der Waals surface area contributed by atoms with Crippen molar-refractivity contribution < 1.29 is 9.53 Å². The van der Waals surface area contributed by atoms with Gasteiger partial charge in [-0.05, 0) is 49.4 Å². The Kier molecular flexibility index (Phi) is 4.24. The van der Waals surface area contributed by atoms with E-state index < -0.39 is 0 Å². The first-order valence-electron chi connectivity index (χ1n) is 7.76. The summed E-state index contributed by atoms with van der Waals surface area (Å²) in [5.74, 6) is 0.886. The summed E-state index contributed by atoms with van der Waals surface area (Å²) in [4.78, 5) is 12.1. The van der Waals surface area contributed by atoms with Crippen molar-refractivity contribution >= 4 is 5.97 Å². The van der Waals surface area contributed by atoms with Gasteiger partial charge in [0, 0.05) is 13.1 Å². The molecule has 0 radical (unpaired) electrons. The predicted molar refractivity (Wildman–Crippen MR) is 76.8 cm³/mol. The van der Waals surface area contributed by atoms with Crippen LogP contribution in [0.4, 0.5) is 0 Å². The molecule has 2 rings (SSSR count). The maximum atomic E-state index is 12.1. The predicted octanol–water partition coefficient (Wildman–Crippen LogP) is 2.99. The monoisotopic (exact) mass is 267 g/mol. The lowest BCUT2D eigenvalue weighted by atomic mass is 9.61. The lowest BCUT2D eigenvalue weighted by Crippen LogP contribution is -2.41. The number of carbonyl (C=O) groups excluding carboxylic acids is 1. The van der Waals surface area contributed by atoms with Crippen molar-refractivity contribution in [3.8, 4) is 0 Å². The number of ether oxygens (including phenoxy) is 1. The Morgan fingerprint density at radius 1 is 1.32 bits per heavy atom. The van der Waals surface area contributed by atoms with Crippen LogP contribution in [0.5, 0.6) is 0 Å². The summed E-state index contributed by atoms with van der Waals surface area (Å²) in [6, 6.07) is 0. The Morgan fingerprint density at radius 2 is 1.95 bits per heavy atom. The van der Waals surface area contributed by atoms with E-state index in [9.17, 15) is 4.79 Å². The standard InChI is InChI=1S/C16H29NO2/c1-5-19-14(18)13-10-17-11-16(13)8-6-12(7-9-16)15(2,3)4/h12-13,17H,5-11H2,1-4H3. The molecule has 1 aliphatic carbocycles. The van der Waals surface area contributed by atoms with Crippen LogP contribution in [0.25, 0.3) is 0 Å². The van der Waals surface area contributed by atoms with Crippen LogP contribution in [0, 0.1) is 22.7 Å². The normalized spacial score (nSPS) is 35.6. The van der Waals surface area contributed by atoms with Gasteiger partial charge in [0.25, 0.3) is 0 Å². The summed E-state index contributed by atoms with van der Waals surface area (Å²) in [5.41, 5.74) is 0.571. The fourth-order valence-electron chi connectivity index (χ4n) is 3.97. The number of rotatable bonds is 2. The molecule has 1 saturated carbocycles. The molecule has 1 spiro atoms. The average molecular weight is 267 g/mol. The van der Waals surface area contributed by atoms with Crippen LogP contribution in [0.15, 0.2) is 0 Å². The van der Waals surface area contributed by atoms with Crippen LogP contribution in [-0.2, 0) is 9.53 Å². The van der Waals surface area contributed by atoms with Crippen molar-refractivity contribution in [1.29, 1.82) is 0 Å². The lowest BCUT2D eigenvalue weighted by molar-refractivity contribution is -0.152. The van der Waals surface area contributed by atoms with Gasteiger partial charge in [-0.2, -0.15) is 0 Å². The SMILES string of the molecule is CCOC(=O)C1CNCC12CCC(C(C)(C)C)CC2. The van der Waals surface area contributed by atoms with Gasteiger partial charge < -0.3 is 10.1 Å². The van der Waals surface area contributed by atoms with Crippen molar-refractivity contribution in [1.82, 2.24) is 5.32 Å². The van der Waals surface area contributed by atoms with Gasteiger partial charge in [0.1, 0.15) is 0 Å². The first-order valence-corrected chi connectivity index (χ1v) is 7.76. The van der Waals surface area contributed by atoms with Gasteiger partial charge in [-0.25, -0.2) is 0 Å². The molecular weight excluding hydrogens is 238 g/mol. The molecule has 1 atom stereocenters. The molecule has 3 nitrogen and oxygen atoms in total. The zero-order chi connectivity index (χ0) is 14.1. The molecule has 1 aliphatic heterocycles. The number of esters is 1. The highest BCUT2D eigenvalue weighted by Crippen LogP contribution is 2.50. The molecule has 1 N–H and O–H groups in total. The number of hydrogen-bond acceptors (Lipinski definition) is 3. The van der Waals surface area contributed by atoms with Gasteiger partial charge in [0.2, 0.25) is 0 Å². The van der Waals surface area contributed by atoms with E-state index in [0.29, 0.717) is 12.0 Å². The second-order valence-corrected chi connectivity index (χ2v) is 7.44. The van der Waals surface area contributed by atoms with Crippen molar-refractivity contribution in [2.75, 3.05) is 19.7 Å². The van der Waals surface area contributed by atoms with Crippen molar-refractivity contribution in [3.63, 3.8) is 0 Å². The molecule has 0 amide bonds. The van der Waals surface area contributed by atoms with E-state index in [1.165, 1.54) is 25.7 Å². The van der Waals surface area contributed by atoms with E-state index in [0.717, 1.165) is 19.0 Å². The molecular formula is C16H29NO2. The lowest BCUT2D eigenvalue weighted by Gasteiger charge is -2.44. The Bertz CT molecular complexity index is 324. The zero-order valence-electron chi connectivity index (χ0n) is 12.9. The number of hydrogen-bond donors (Lipinski definition) is 1. The molecule has 1 unspecified atom stereocenters. The Balaban J connectivity index is 2.02. The van der Waals surface area contributed by atoms with Crippen LogP contribution in [0.1, 0.15) is 53.4 Å². The Hall–Kier alpha value is -0.570. The summed E-state index contributed by atoms with van der Waals surface area (Å²) in [6.07, 6.45) is 4.85. The highest BCUT2D eigenvalue weighted by atomic mass is 16.5. The van der Waals surface area contributed by atoms with Crippen molar-refractivity contribution in [3.05, 3.63) is 0 Å². The second-order valence-electron chi connectivity index (χ2n) is 7.44. The third-order valence-electron chi connectivity index (χ3n) is 5.34. The van der Waals surface area contributed by atoms with E-state index in [1.807, 2.05) is 6.92 Å². The first kappa shape index (κ1) is 14.8. The zero-order valence-corrected chi connectivity index (χ0v) is 12.9. The highest BCUT2D eigenvalue weighted by Gasteiger charge is 2.50. The van der Waals surface area contributed by atoms with Gasteiger partial charge in [-0.3, -0.25) is 4.79 Å². The third-order valence-corrected chi connectivity index (χ3v) is 5.34. The van der Waals surface area contributed by atoms with Crippen LogP contribution >= 0.6 is 0 Å². The van der Waals surface area contributed by atoms with Crippen LogP contribution in [0.3, 0.4) is 0 Å². The van der Waals surface area contributed by atoms with Gasteiger partial charge in [-0.1, -0.05) is 20.8 Å². The molecule has 2 fully saturated rings.